The number of nitrogens with zero attached hydrogens (tertiary/aromatic N) is 2. The highest BCUT2D eigenvalue weighted by Crippen LogP contribution is 2.23. The zero-order valence-corrected chi connectivity index (χ0v) is 14.1. The number of aromatic nitrogens is 1. The third kappa shape index (κ3) is 4.79. The van der Waals surface area contributed by atoms with E-state index >= 15 is 0 Å². The molecule has 7 heteroatoms. The highest BCUT2D eigenvalue weighted by Gasteiger charge is 2.15. The lowest BCUT2D eigenvalue weighted by Crippen LogP contribution is -1.99. The first-order valence-electron chi connectivity index (χ1n) is 7.21. The van der Waals surface area contributed by atoms with Crippen molar-refractivity contribution < 1.29 is 14.3 Å². The maximum atomic E-state index is 11.5. The van der Waals surface area contributed by atoms with Gasteiger partial charge in [0, 0.05) is 0 Å². The van der Waals surface area contributed by atoms with Crippen molar-refractivity contribution in [1.29, 1.82) is 0 Å². The van der Waals surface area contributed by atoms with Crippen LogP contribution < -0.4 is 10.2 Å². The molecule has 0 radical (unpaired) electrons. The molecular formula is C16H19N3O3S. The number of carbonyl (C=O) groups is 1. The maximum Gasteiger partial charge on any atom is 0.350 e. The van der Waals surface area contributed by atoms with E-state index < -0.39 is 5.97 Å². The van der Waals surface area contributed by atoms with Crippen molar-refractivity contribution in [2.45, 2.75) is 20.3 Å². The predicted molar refractivity (Wildman–Crippen MR) is 91.6 cm³/mol. The van der Waals surface area contributed by atoms with E-state index in [9.17, 15) is 4.79 Å². The van der Waals surface area contributed by atoms with E-state index in [4.69, 9.17) is 9.47 Å². The number of nitrogens with one attached hydrogen (secondary N) is 1. The van der Waals surface area contributed by atoms with Crippen molar-refractivity contribution in [2.24, 2.45) is 5.10 Å². The normalized spacial score (nSPS) is 10.7. The molecular weight excluding hydrogens is 314 g/mol. The number of methoxy groups -OCH3 is 1. The first-order valence-corrected chi connectivity index (χ1v) is 8.03. The Labute approximate surface area is 139 Å². The minimum Gasteiger partial charge on any atom is -0.494 e. The van der Waals surface area contributed by atoms with Crippen molar-refractivity contribution in [2.75, 3.05) is 19.1 Å². The molecule has 0 aliphatic heterocycles. The Morgan fingerprint density at radius 1 is 1.48 bits per heavy atom. The van der Waals surface area contributed by atoms with Gasteiger partial charge in [-0.05, 0) is 31.0 Å². The molecule has 1 N–H and O–H groups in total. The highest BCUT2D eigenvalue weighted by molar-refractivity contribution is 7.17. The summed E-state index contributed by atoms with van der Waals surface area (Å²) in [7, 11) is 1.35. The number of hydrogen-bond donors (Lipinski definition) is 1. The molecule has 0 aliphatic rings. The molecule has 2 rings (SSSR count). The number of aryl methyl sites for hydroxylation is 1. The number of esters is 1. The fraction of sp³-hybridized carbons (Fsp3) is 0.312. The SMILES string of the molecule is CCCOc1cccc(/C=N/Nc2nc(C)c(C(=O)OC)s2)c1. The molecule has 0 aliphatic carbocycles. The zero-order valence-electron chi connectivity index (χ0n) is 13.3. The van der Waals surface area contributed by atoms with Gasteiger partial charge in [-0.3, -0.25) is 5.43 Å². The number of benzene rings is 1. The first kappa shape index (κ1) is 17.0. The van der Waals surface area contributed by atoms with Crippen LogP contribution in [0, 0.1) is 6.92 Å². The topological polar surface area (TPSA) is 72.8 Å². The Kier molecular flexibility index (Phi) is 6.10. The van der Waals surface area contributed by atoms with E-state index in [1.165, 1.54) is 18.4 Å². The molecule has 23 heavy (non-hydrogen) atoms. The van der Waals surface area contributed by atoms with Gasteiger partial charge in [0.05, 0.1) is 25.6 Å². The van der Waals surface area contributed by atoms with Crippen LogP contribution in [0.25, 0.3) is 0 Å². The van der Waals surface area contributed by atoms with Crippen LogP contribution in [0.1, 0.15) is 34.3 Å². The van der Waals surface area contributed by atoms with Gasteiger partial charge in [-0.25, -0.2) is 9.78 Å². The molecule has 1 aromatic carbocycles. The van der Waals surface area contributed by atoms with Crippen LogP contribution >= 0.6 is 11.3 Å². The molecule has 0 fully saturated rings. The fourth-order valence-electron chi connectivity index (χ4n) is 1.79. The average Bonchev–Trinajstić information content (AvgIpc) is 2.93. The lowest BCUT2D eigenvalue weighted by Gasteiger charge is -2.04. The van der Waals surface area contributed by atoms with Crippen molar-refractivity contribution in [1.82, 2.24) is 4.98 Å². The van der Waals surface area contributed by atoms with Crippen LogP contribution in [-0.4, -0.2) is 30.9 Å². The summed E-state index contributed by atoms with van der Waals surface area (Å²) in [6.07, 6.45) is 2.64. The molecule has 0 spiro atoms. The average molecular weight is 333 g/mol. The first-order chi connectivity index (χ1) is 11.1. The van der Waals surface area contributed by atoms with Gasteiger partial charge in [0.2, 0.25) is 5.13 Å². The predicted octanol–water partition coefficient (Wildman–Crippen LogP) is 3.47. The number of rotatable bonds is 7. The molecule has 0 saturated carbocycles. The summed E-state index contributed by atoms with van der Waals surface area (Å²) < 4.78 is 10.3. The third-order valence-corrected chi connectivity index (χ3v) is 3.91. The van der Waals surface area contributed by atoms with Gasteiger partial charge in [-0.2, -0.15) is 5.10 Å². The summed E-state index contributed by atoms with van der Waals surface area (Å²) in [5.74, 6) is 0.423. The summed E-state index contributed by atoms with van der Waals surface area (Å²) in [4.78, 5) is 16.2. The maximum absolute atomic E-state index is 11.5. The van der Waals surface area contributed by atoms with E-state index in [2.05, 4.69) is 22.4 Å². The number of thiazole rings is 1. The Morgan fingerprint density at radius 2 is 2.30 bits per heavy atom. The molecule has 0 bridgehead atoms. The summed E-state index contributed by atoms with van der Waals surface area (Å²) in [6.45, 7) is 4.51. The highest BCUT2D eigenvalue weighted by atomic mass is 32.1. The molecule has 6 nitrogen and oxygen atoms in total. The molecule has 0 saturated heterocycles. The smallest absolute Gasteiger partial charge is 0.350 e. The lowest BCUT2D eigenvalue weighted by atomic mass is 10.2. The van der Waals surface area contributed by atoms with Crippen molar-refractivity contribution in [3.8, 4) is 5.75 Å². The van der Waals surface area contributed by atoms with Gasteiger partial charge >= 0.3 is 5.97 Å². The van der Waals surface area contributed by atoms with E-state index in [-0.39, 0.29) is 0 Å². The van der Waals surface area contributed by atoms with Gasteiger partial charge in [-0.1, -0.05) is 30.4 Å². The molecule has 2 aromatic rings. The zero-order chi connectivity index (χ0) is 16.7. The minimum absolute atomic E-state index is 0.391. The second-order valence-electron chi connectivity index (χ2n) is 4.72. The number of hydrogen-bond acceptors (Lipinski definition) is 7. The minimum atomic E-state index is -0.391. The van der Waals surface area contributed by atoms with Crippen molar-refractivity contribution in [3.05, 3.63) is 40.4 Å². The third-order valence-electron chi connectivity index (χ3n) is 2.87. The number of hydrazone groups is 1. The van der Waals surface area contributed by atoms with Gasteiger partial charge in [0.25, 0.3) is 0 Å². The summed E-state index contributed by atoms with van der Waals surface area (Å²) in [6, 6.07) is 7.66. The second-order valence-corrected chi connectivity index (χ2v) is 5.72. The monoisotopic (exact) mass is 333 g/mol. The standard InChI is InChI=1S/C16H19N3O3S/c1-4-8-22-13-7-5-6-12(9-13)10-17-19-16-18-11(2)14(23-16)15(20)21-3/h5-7,9-10H,4,8H2,1-3H3,(H,18,19)/b17-10+. The Bertz CT molecular complexity index is 698. The molecule has 1 aromatic heterocycles. The van der Waals surface area contributed by atoms with Crippen LogP contribution in [0.3, 0.4) is 0 Å². The molecule has 0 amide bonds. The van der Waals surface area contributed by atoms with Crippen LogP contribution in [-0.2, 0) is 4.74 Å². The molecule has 0 atom stereocenters. The van der Waals surface area contributed by atoms with E-state index in [0.717, 1.165) is 17.7 Å². The van der Waals surface area contributed by atoms with E-state index in [1.807, 2.05) is 24.3 Å². The Morgan fingerprint density at radius 3 is 3.04 bits per heavy atom. The van der Waals surface area contributed by atoms with Gasteiger partial charge in [0.15, 0.2) is 0 Å². The summed E-state index contributed by atoms with van der Waals surface area (Å²) in [5, 5.41) is 4.68. The van der Waals surface area contributed by atoms with Gasteiger partial charge < -0.3 is 9.47 Å². The lowest BCUT2D eigenvalue weighted by molar-refractivity contribution is 0.0605. The Hall–Kier alpha value is -2.41. The van der Waals surface area contributed by atoms with Gasteiger partial charge in [-0.15, -0.1) is 0 Å². The summed E-state index contributed by atoms with van der Waals surface area (Å²) in [5.41, 5.74) is 4.35. The van der Waals surface area contributed by atoms with Crippen molar-refractivity contribution >= 4 is 28.7 Å². The second kappa shape index (κ2) is 8.28. The molecule has 122 valence electrons. The Balaban J connectivity index is 2.00. The van der Waals surface area contributed by atoms with Gasteiger partial charge in [0.1, 0.15) is 10.6 Å². The molecule has 1 heterocycles. The fourth-order valence-corrected chi connectivity index (χ4v) is 2.63. The summed E-state index contributed by atoms with van der Waals surface area (Å²) >= 11 is 1.21. The number of ether oxygens (including phenoxy) is 2. The van der Waals surface area contributed by atoms with Crippen LogP contribution in [0.4, 0.5) is 5.13 Å². The van der Waals surface area contributed by atoms with Crippen LogP contribution in [0.5, 0.6) is 5.75 Å². The van der Waals surface area contributed by atoms with Crippen molar-refractivity contribution in [3.63, 3.8) is 0 Å². The molecule has 0 unspecified atom stereocenters. The largest absolute Gasteiger partial charge is 0.494 e. The number of carbonyl (C=O) groups excluding carboxylic acids is 1. The van der Waals surface area contributed by atoms with E-state index in [0.29, 0.717) is 22.3 Å². The van der Waals surface area contributed by atoms with E-state index in [1.54, 1.807) is 13.1 Å². The number of anilines is 1. The quantitative estimate of drug-likeness (QED) is 0.477. The van der Waals surface area contributed by atoms with Crippen LogP contribution in [0.15, 0.2) is 29.4 Å². The van der Waals surface area contributed by atoms with Crippen LogP contribution in [0.2, 0.25) is 0 Å².